The molecule has 2 rings (SSSR count). The van der Waals surface area contributed by atoms with E-state index in [0.717, 1.165) is 0 Å². The molecule has 0 saturated carbocycles. The number of nitrogens with one attached hydrogen (secondary N) is 1. The Morgan fingerprint density at radius 1 is 1.08 bits per heavy atom. The summed E-state index contributed by atoms with van der Waals surface area (Å²) < 4.78 is 42.4. The van der Waals surface area contributed by atoms with Crippen LogP contribution in [-0.4, -0.2) is 84.9 Å². The van der Waals surface area contributed by atoms with Crippen LogP contribution in [0.15, 0.2) is 23.1 Å². The van der Waals surface area contributed by atoms with Gasteiger partial charge in [0.15, 0.2) is 11.5 Å². The van der Waals surface area contributed by atoms with E-state index in [1.54, 1.807) is 11.0 Å². The van der Waals surface area contributed by atoms with Crippen molar-refractivity contribution in [2.45, 2.75) is 4.90 Å². The van der Waals surface area contributed by atoms with Crippen molar-refractivity contribution in [2.24, 2.45) is 0 Å². The van der Waals surface area contributed by atoms with E-state index in [2.05, 4.69) is 9.62 Å². The zero-order chi connectivity index (χ0) is 19.2. The maximum atomic E-state index is 12.4. The highest BCUT2D eigenvalue weighted by molar-refractivity contribution is 7.89. The monoisotopic (exact) mass is 387 g/mol. The van der Waals surface area contributed by atoms with Gasteiger partial charge in [-0.1, -0.05) is 0 Å². The number of sulfonamides is 1. The molecule has 1 aromatic rings. The van der Waals surface area contributed by atoms with E-state index in [9.17, 15) is 13.2 Å². The second-order valence-corrected chi connectivity index (χ2v) is 7.48. The number of hydrogen-bond acceptors (Lipinski definition) is 7. The first-order chi connectivity index (χ1) is 12.4. The number of ether oxygens (including phenoxy) is 3. The van der Waals surface area contributed by atoms with Crippen molar-refractivity contribution in [3.63, 3.8) is 0 Å². The van der Waals surface area contributed by atoms with E-state index in [1.165, 1.54) is 33.5 Å². The minimum absolute atomic E-state index is 0.116. The Kier molecular flexibility index (Phi) is 7.06. The Balaban J connectivity index is 1.86. The second-order valence-electron chi connectivity index (χ2n) is 5.71. The lowest BCUT2D eigenvalue weighted by molar-refractivity contribution is 0.0918. The summed E-state index contributed by atoms with van der Waals surface area (Å²) in [5, 5.41) is 0. The summed E-state index contributed by atoms with van der Waals surface area (Å²) in [5.74, 6) is 0.823. The molecule has 0 bridgehead atoms. The minimum atomic E-state index is -3.64. The number of amides is 1. The third kappa shape index (κ3) is 4.99. The third-order valence-electron chi connectivity index (χ3n) is 4.19. The van der Waals surface area contributed by atoms with Crippen LogP contribution in [-0.2, 0) is 14.8 Å². The lowest BCUT2D eigenvalue weighted by atomic mass is 10.3. The zero-order valence-corrected chi connectivity index (χ0v) is 16.0. The number of carbonyl (C=O) groups excluding carboxylic acids is 1. The van der Waals surface area contributed by atoms with Crippen molar-refractivity contribution in [2.75, 3.05) is 60.6 Å². The fourth-order valence-electron chi connectivity index (χ4n) is 2.69. The number of piperazine rings is 1. The number of hydrogen-bond donors (Lipinski definition) is 1. The first-order valence-corrected chi connectivity index (χ1v) is 9.66. The molecule has 1 amide bonds. The Morgan fingerprint density at radius 2 is 1.73 bits per heavy atom. The summed E-state index contributed by atoms with van der Waals surface area (Å²) in [4.78, 5) is 15.3. The molecule has 0 aromatic heterocycles. The maximum Gasteiger partial charge on any atom is 0.409 e. The molecule has 0 unspecified atom stereocenters. The van der Waals surface area contributed by atoms with Gasteiger partial charge in [-0.3, -0.25) is 4.90 Å². The molecule has 1 N–H and O–H groups in total. The summed E-state index contributed by atoms with van der Waals surface area (Å²) in [6, 6.07) is 4.45. The fourth-order valence-corrected chi connectivity index (χ4v) is 3.72. The molecule has 1 heterocycles. The van der Waals surface area contributed by atoms with Crippen LogP contribution in [0, 0.1) is 0 Å². The standard InChI is InChI=1S/C16H25N3O6S/c1-23-14-5-4-13(12-15(14)24-2)26(21,22)17-6-7-18-8-10-19(11-9-18)16(20)25-3/h4-5,12,17H,6-11H2,1-3H3. The van der Waals surface area contributed by atoms with Crippen LogP contribution in [0.2, 0.25) is 0 Å². The molecule has 1 aliphatic heterocycles. The van der Waals surface area contributed by atoms with Crippen LogP contribution >= 0.6 is 0 Å². The average molecular weight is 387 g/mol. The predicted molar refractivity (Wildman–Crippen MR) is 95.2 cm³/mol. The topological polar surface area (TPSA) is 97.4 Å². The lowest BCUT2D eigenvalue weighted by Gasteiger charge is -2.33. The van der Waals surface area contributed by atoms with Gasteiger partial charge in [0.1, 0.15) is 0 Å². The first kappa shape index (κ1) is 20.3. The van der Waals surface area contributed by atoms with Crippen LogP contribution in [0.5, 0.6) is 11.5 Å². The van der Waals surface area contributed by atoms with Gasteiger partial charge in [-0.25, -0.2) is 17.9 Å². The minimum Gasteiger partial charge on any atom is -0.493 e. The van der Waals surface area contributed by atoms with Gasteiger partial charge in [-0.05, 0) is 12.1 Å². The molecule has 1 saturated heterocycles. The summed E-state index contributed by atoms with van der Waals surface area (Å²) in [7, 11) is 0.660. The van der Waals surface area contributed by atoms with Gasteiger partial charge in [0, 0.05) is 45.3 Å². The van der Waals surface area contributed by atoms with Crippen molar-refractivity contribution < 1.29 is 27.4 Å². The molecular weight excluding hydrogens is 362 g/mol. The van der Waals surface area contributed by atoms with Crippen molar-refractivity contribution in [1.29, 1.82) is 0 Å². The Labute approximate surface area is 153 Å². The molecule has 0 radical (unpaired) electrons. The second kappa shape index (κ2) is 9.06. The van der Waals surface area contributed by atoms with Gasteiger partial charge in [0.2, 0.25) is 10.0 Å². The van der Waals surface area contributed by atoms with Gasteiger partial charge in [-0.15, -0.1) is 0 Å². The maximum absolute atomic E-state index is 12.4. The summed E-state index contributed by atoms with van der Waals surface area (Å²) >= 11 is 0. The van der Waals surface area contributed by atoms with Crippen molar-refractivity contribution in [3.8, 4) is 11.5 Å². The number of benzene rings is 1. The molecule has 1 aliphatic rings. The number of nitrogens with zero attached hydrogens (tertiary/aromatic N) is 2. The smallest absolute Gasteiger partial charge is 0.409 e. The average Bonchev–Trinajstić information content (AvgIpc) is 2.67. The van der Waals surface area contributed by atoms with Gasteiger partial charge in [-0.2, -0.15) is 0 Å². The van der Waals surface area contributed by atoms with Crippen LogP contribution in [0.3, 0.4) is 0 Å². The largest absolute Gasteiger partial charge is 0.493 e. The van der Waals surface area contributed by atoms with E-state index >= 15 is 0 Å². The van der Waals surface area contributed by atoms with Crippen molar-refractivity contribution in [3.05, 3.63) is 18.2 Å². The van der Waals surface area contributed by atoms with E-state index in [1.807, 2.05) is 0 Å². The number of rotatable bonds is 7. The van der Waals surface area contributed by atoms with Crippen molar-refractivity contribution >= 4 is 16.1 Å². The third-order valence-corrected chi connectivity index (χ3v) is 5.65. The SMILES string of the molecule is COC(=O)N1CCN(CCNS(=O)(=O)c2ccc(OC)c(OC)c2)CC1. The van der Waals surface area contributed by atoms with E-state index in [-0.39, 0.29) is 17.5 Å². The Hall–Kier alpha value is -2.04. The molecule has 26 heavy (non-hydrogen) atoms. The molecule has 1 fully saturated rings. The molecule has 0 aliphatic carbocycles. The molecule has 0 spiro atoms. The van der Waals surface area contributed by atoms with Crippen LogP contribution < -0.4 is 14.2 Å². The Bertz CT molecular complexity index is 717. The number of methoxy groups -OCH3 is 3. The molecule has 10 heteroatoms. The summed E-state index contributed by atoms with van der Waals surface area (Å²) in [6.07, 6.45) is -0.334. The van der Waals surface area contributed by atoms with Gasteiger partial charge in [0.05, 0.1) is 26.2 Å². The van der Waals surface area contributed by atoms with Gasteiger partial charge >= 0.3 is 6.09 Å². The molecule has 0 atom stereocenters. The quantitative estimate of drug-likeness (QED) is 0.722. The molecule has 146 valence electrons. The zero-order valence-electron chi connectivity index (χ0n) is 15.2. The Morgan fingerprint density at radius 3 is 2.31 bits per heavy atom. The fraction of sp³-hybridized carbons (Fsp3) is 0.562. The van der Waals surface area contributed by atoms with Crippen LogP contribution in [0.4, 0.5) is 4.79 Å². The van der Waals surface area contributed by atoms with E-state index in [0.29, 0.717) is 44.2 Å². The van der Waals surface area contributed by atoms with Crippen LogP contribution in [0.25, 0.3) is 0 Å². The highest BCUT2D eigenvalue weighted by Gasteiger charge is 2.22. The van der Waals surface area contributed by atoms with Gasteiger partial charge < -0.3 is 19.1 Å². The molecule has 1 aromatic carbocycles. The van der Waals surface area contributed by atoms with E-state index in [4.69, 9.17) is 14.2 Å². The van der Waals surface area contributed by atoms with Crippen molar-refractivity contribution in [1.82, 2.24) is 14.5 Å². The molecular formula is C16H25N3O6S. The normalized spacial score (nSPS) is 15.6. The van der Waals surface area contributed by atoms with E-state index < -0.39 is 10.0 Å². The van der Waals surface area contributed by atoms with Gasteiger partial charge in [0.25, 0.3) is 0 Å². The van der Waals surface area contributed by atoms with Crippen LogP contribution in [0.1, 0.15) is 0 Å². The lowest BCUT2D eigenvalue weighted by Crippen LogP contribution is -2.50. The number of carbonyl (C=O) groups is 1. The predicted octanol–water partition coefficient (Wildman–Crippen LogP) is 0.366. The summed E-state index contributed by atoms with van der Waals surface area (Å²) in [6.45, 7) is 3.31. The molecule has 9 nitrogen and oxygen atoms in total. The highest BCUT2D eigenvalue weighted by Crippen LogP contribution is 2.29. The first-order valence-electron chi connectivity index (χ1n) is 8.18. The summed E-state index contributed by atoms with van der Waals surface area (Å²) in [5.41, 5.74) is 0. The highest BCUT2D eigenvalue weighted by atomic mass is 32.2.